The van der Waals surface area contributed by atoms with Crippen molar-refractivity contribution in [2.24, 2.45) is 0 Å². The summed E-state index contributed by atoms with van der Waals surface area (Å²) in [6.45, 7) is 4.97. The third-order valence-corrected chi connectivity index (χ3v) is 6.17. The number of thioether (sulfide) groups is 1. The van der Waals surface area contributed by atoms with Gasteiger partial charge in [-0.25, -0.2) is 4.98 Å². The van der Waals surface area contributed by atoms with Crippen LogP contribution in [0, 0.1) is 0 Å². The minimum Gasteiger partial charge on any atom is -0.369 e. The number of nitrogens with one attached hydrogen (secondary N) is 1. The molecular formula is C23H29N5OS. The molecule has 4 rings (SSSR count). The van der Waals surface area contributed by atoms with Crippen LogP contribution in [-0.4, -0.2) is 59.8 Å². The van der Waals surface area contributed by atoms with Crippen molar-refractivity contribution < 1.29 is 4.79 Å². The van der Waals surface area contributed by atoms with Crippen LogP contribution in [0.2, 0.25) is 0 Å². The molecule has 1 aromatic heterocycles. The molecule has 0 radical (unpaired) electrons. The first-order chi connectivity index (χ1) is 14.7. The quantitative estimate of drug-likeness (QED) is 0.633. The van der Waals surface area contributed by atoms with E-state index in [0.717, 1.165) is 54.4 Å². The lowest BCUT2D eigenvalue weighted by Gasteiger charge is -2.35. The highest BCUT2D eigenvalue weighted by atomic mass is 32.2. The number of hydrogen-bond acceptors (Lipinski definition) is 5. The van der Waals surface area contributed by atoms with E-state index in [-0.39, 0.29) is 12.5 Å². The molecule has 2 heterocycles. The van der Waals surface area contributed by atoms with Crippen molar-refractivity contribution in [3.05, 3.63) is 59.9 Å². The lowest BCUT2D eigenvalue weighted by Crippen LogP contribution is -2.45. The first kappa shape index (κ1) is 20.8. The fourth-order valence-electron chi connectivity index (χ4n) is 3.95. The molecule has 0 saturated carbocycles. The topological polar surface area (TPSA) is 53.4 Å². The Bertz CT molecular complexity index is 1010. The molecular weight excluding hydrogens is 394 g/mol. The third kappa shape index (κ3) is 4.63. The predicted molar refractivity (Wildman–Crippen MR) is 125 cm³/mol. The van der Waals surface area contributed by atoms with Gasteiger partial charge >= 0.3 is 0 Å². The second kappa shape index (κ2) is 9.53. The minimum atomic E-state index is 0.00804. The van der Waals surface area contributed by atoms with Gasteiger partial charge in [-0.05, 0) is 37.1 Å². The summed E-state index contributed by atoms with van der Waals surface area (Å²) in [5.41, 5.74) is 4.33. The molecule has 158 valence electrons. The molecule has 0 aliphatic carbocycles. The lowest BCUT2D eigenvalue weighted by atomic mass is 10.1. The summed E-state index contributed by atoms with van der Waals surface area (Å²) < 4.78 is 2.04. The standard InChI is InChI=1S/C23H29N5OS/c1-26-11-13-27(14-12-26)20-9-5-3-7-18(20)15-24-23(29)16-28-21-10-6-4-8-19(21)25-22(28)17-30-2/h3-10H,11-17H2,1-2H3,(H,24,29). The van der Waals surface area contributed by atoms with Crippen molar-refractivity contribution in [1.29, 1.82) is 0 Å². The molecule has 1 saturated heterocycles. The molecule has 3 aromatic rings. The van der Waals surface area contributed by atoms with Gasteiger partial charge in [0.1, 0.15) is 12.4 Å². The summed E-state index contributed by atoms with van der Waals surface area (Å²) >= 11 is 1.72. The Kier molecular flexibility index (Phi) is 6.59. The summed E-state index contributed by atoms with van der Waals surface area (Å²) in [5.74, 6) is 1.74. The SMILES string of the molecule is CSCc1nc2ccccc2n1CC(=O)NCc1ccccc1N1CCN(C)CC1. The number of hydrogen-bond donors (Lipinski definition) is 1. The third-order valence-electron chi connectivity index (χ3n) is 5.62. The van der Waals surface area contributed by atoms with E-state index in [1.807, 2.05) is 34.9 Å². The molecule has 7 heteroatoms. The van der Waals surface area contributed by atoms with Crippen LogP contribution in [0.15, 0.2) is 48.5 Å². The van der Waals surface area contributed by atoms with Gasteiger partial charge in [0.25, 0.3) is 0 Å². The van der Waals surface area contributed by atoms with E-state index in [1.54, 1.807) is 11.8 Å². The zero-order valence-corrected chi connectivity index (χ0v) is 18.5. The summed E-state index contributed by atoms with van der Waals surface area (Å²) in [4.78, 5) is 22.3. The number of imidazole rings is 1. The van der Waals surface area contributed by atoms with Crippen LogP contribution in [-0.2, 0) is 23.6 Å². The molecule has 0 unspecified atom stereocenters. The summed E-state index contributed by atoms with van der Waals surface area (Å²) in [6, 6.07) is 16.4. The van der Waals surface area contributed by atoms with E-state index in [0.29, 0.717) is 6.54 Å². The first-order valence-corrected chi connectivity index (χ1v) is 11.8. The van der Waals surface area contributed by atoms with Crippen LogP contribution in [0.25, 0.3) is 11.0 Å². The van der Waals surface area contributed by atoms with Gasteiger partial charge in [0.2, 0.25) is 5.91 Å². The van der Waals surface area contributed by atoms with Crippen molar-refractivity contribution in [3.8, 4) is 0 Å². The van der Waals surface area contributed by atoms with Gasteiger partial charge < -0.3 is 19.7 Å². The number of aromatic nitrogens is 2. The number of benzene rings is 2. The van der Waals surface area contributed by atoms with Gasteiger partial charge in [0.05, 0.1) is 16.8 Å². The lowest BCUT2D eigenvalue weighted by molar-refractivity contribution is -0.121. The van der Waals surface area contributed by atoms with Crippen LogP contribution in [0.5, 0.6) is 0 Å². The number of likely N-dealkylation sites (N-methyl/N-ethyl adjacent to an activating group) is 1. The highest BCUT2D eigenvalue weighted by molar-refractivity contribution is 7.97. The van der Waals surface area contributed by atoms with Gasteiger partial charge in [-0.2, -0.15) is 11.8 Å². The fraction of sp³-hybridized carbons (Fsp3) is 0.391. The van der Waals surface area contributed by atoms with Crippen molar-refractivity contribution in [3.63, 3.8) is 0 Å². The Hall–Kier alpha value is -2.51. The van der Waals surface area contributed by atoms with Gasteiger partial charge in [-0.3, -0.25) is 4.79 Å². The largest absolute Gasteiger partial charge is 0.369 e. The van der Waals surface area contributed by atoms with Crippen LogP contribution >= 0.6 is 11.8 Å². The maximum atomic E-state index is 12.8. The van der Waals surface area contributed by atoms with Gasteiger partial charge in [0.15, 0.2) is 0 Å². The normalized spacial score (nSPS) is 14.9. The van der Waals surface area contributed by atoms with Crippen molar-refractivity contribution >= 4 is 34.4 Å². The zero-order chi connectivity index (χ0) is 20.9. The van der Waals surface area contributed by atoms with E-state index in [2.05, 4.69) is 46.6 Å². The van der Waals surface area contributed by atoms with E-state index in [4.69, 9.17) is 4.98 Å². The number of amides is 1. The van der Waals surface area contributed by atoms with Crippen LogP contribution in [0.1, 0.15) is 11.4 Å². The molecule has 1 aliphatic rings. The number of carbonyl (C=O) groups is 1. The Morgan fingerprint density at radius 3 is 2.60 bits per heavy atom. The highest BCUT2D eigenvalue weighted by Gasteiger charge is 2.17. The molecule has 1 fully saturated rings. The minimum absolute atomic E-state index is 0.00804. The van der Waals surface area contributed by atoms with E-state index >= 15 is 0 Å². The Balaban J connectivity index is 1.45. The second-order valence-electron chi connectivity index (χ2n) is 7.73. The number of rotatable bonds is 7. The maximum Gasteiger partial charge on any atom is 0.240 e. The fourth-order valence-corrected chi connectivity index (χ4v) is 4.43. The number of para-hydroxylation sites is 3. The number of piperazine rings is 1. The van der Waals surface area contributed by atoms with E-state index < -0.39 is 0 Å². The molecule has 0 bridgehead atoms. The zero-order valence-electron chi connectivity index (χ0n) is 17.7. The van der Waals surface area contributed by atoms with Crippen LogP contribution < -0.4 is 10.2 Å². The molecule has 1 amide bonds. The average Bonchev–Trinajstić information content (AvgIpc) is 3.10. The van der Waals surface area contributed by atoms with E-state index in [1.165, 1.54) is 5.69 Å². The van der Waals surface area contributed by atoms with Gasteiger partial charge in [0, 0.05) is 38.4 Å². The number of nitrogens with zero attached hydrogens (tertiary/aromatic N) is 4. The summed E-state index contributed by atoms with van der Waals surface area (Å²) in [7, 11) is 2.16. The molecule has 0 spiro atoms. The summed E-state index contributed by atoms with van der Waals surface area (Å²) in [5, 5.41) is 3.13. The predicted octanol–water partition coefficient (Wildman–Crippen LogP) is 2.97. The monoisotopic (exact) mass is 423 g/mol. The number of fused-ring (bicyclic) bond motifs is 1. The van der Waals surface area contributed by atoms with Gasteiger partial charge in [-0.15, -0.1) is 0 Å². The van der Waals surface area contributed by atoms with Gasteiger partial charge in [-0.1, -0.05) is 30.3 Å². The van der Waals surface area contributed by atoms with Crippen molar-refractivity contribution in [1.82, 2.24) is 19.8 Å². The molecule has 1 aliphatic heterocycles. The Morgan fingerprint density at radius 1 is 1.07 bits per heavy atom. The van der Waals surface area contributed by atoms with E-state index in [9.17, 15) is 4.79 Å². The van der Waals surface area contributed by atoms with Crippen molar-refractivity contribution in [2.75, 3.05) is 44.4 Å². The summed E-state index contributed by atoms with van der Waals surface area (Å²) in [6.07, 6.45) is 2.05. The number of carbonyl (C=O) groups excluding carboxylic acids is 1. The molecule has 2 aromatic carbocycles. The molecule has 0 atom stereocenters. The number of anilines is 1. The van der Waals surface area contributed by atoms with Crippen LogP contribution in [0.3, 0.4) is 0 Å². The molecule has 30 heavy (non-hydrogen) atoms. The molecule has 6 nitrogen and oxygen atoms in total. The molecule has 1 N–H and O–H groups in total. The Morgan fingerprint density at radius 2 is 1.80 bits per heavy atom. The highest BCUT2D eigenvalue weighted by Crippen LogP contribution is 2.22. The van der Waals surface area contributed by atoms with Crippen molar-refractivity contribution in [2.45, 2.75) is 18.8 Å². The smallest absolute Gasteiger partial charge is 0.240 e. The second-order valence-corrected chi connectivity index (χ2v) is 8.60. The maximum absolute atomic E-state index is 12.8. The Labute approximate surface area is 182 Å². The first-order valence-electron chi connectivity index (χ1n) is 10.4. The van der Waals surface area contributed by atoms with Crippen LogP contribution in [0.4, 0.5) is 5.69 Å². The average molecular weight is 424 g/mol.